The number of anilines is 1. The third kappa shape index (κ3) is 8.71. The van der Waals surface area contributed by atoms with E-state index in [1.165, 1.54) is 17.0 Å². The van der Waals surface area contributed by atoms with Crippen LogP contribution in [0.3, 0.4) is 0 Å². The van der Waals surface area contributed by atoms with Crippen molar-refractivity contribution >= 4 is 39.1 Å². The summed E-state index contributed by atoms with van der Waals surface area (Å²) in [6, 6.07) is 30.6. The van der Waals surface area contributed by atoms with Crippen LogP contribution >= 0.6 is 11.6 Å². The molecule has 0 aromatic heterocycles. The van der Waals surface area contributed by atoms with Crippen molar-refractivity contribution in [2.75, 3.05) is 17.4 Å². The summed E-state index contributed by atoms with van der Waals surface area (Å²) in [6.07, 6.45) is 0.259. The van der Waals surface area contributed by atoms with Gasteiger partial charge in [-0.2, -0.15) is 0 Å². The zero-order valence-corrected chi connectivity index (χ0v) is 26.8. The summed E-state index contributed by atoms with van der Waals surface area (Å²) < 4.78 is 29.1. The molecule has 0 aliphatic rings. The van der Waals surface area contributed by atoms with Gasteiger partial charge in [0.25, 0.3) is 10.0 Å². The number of benzene rings is 4. The molecule has 0 aliphatic heterocycles. The molecule has 0 bridgehead atoms. The van der Waals surface area contributed by atoms with Crippen molar-refractivity contribution in [2.45, 2.75) is 44.7 Å². The lowest BCUT2D eigenvalue weighted by atomic mass is 10.0. The lowest BCUT2D eigenvalue weighted by Crippen LogP contribution is -2.53. The Hall–Kier alpha value is -4.14. The zero-order chi connectivity index (χ0) is 31.7. The van der Waals surface area contributed by atoms with Gasteiger partial charge < -0.3 is 10.2 Å². The minimum Gasteiger partial charge on any atom is -0.354 e. The second-order valence-corrected chi connectivity index (χ2v) is 13.5. The van der Waals surface area contributed by atoms with E-state index in [1.807, 2.05) is 75.4 Å². The Kier molecular flexibility index (Phi) is 11.2. The normalized spacial score (nSPS) is 12.0. The summed E-state index contributed by atoms with van der Waals surface area (Å²) in [7, 11) is -4.16. The highest BCUT2D eigenvalue weighted by Gasteiger charge is 2.34. The van der Waals surface area contributed by atoms with Crippen molar-refractivity contribution in [2.24, 2.45) is 5.92 Å². The molecular weight excluding hydrogens is 594 g/mol. The van der Waals surface area contributed by atoms with E-state index >= 15 is 0 Å². The molecule has 4 rings (SSSR count). The number of hydrogen-bond donors (Lipinski definition) is 1. The highest BCUT2D eigenvalue weighted by atomic mass is 35.5. The number of aryl methyl sites for hydroxylation is 1. The van der Waals surface area contributed by atoms with E-state index < -0.39 is 28.5 Å². The summed E-state index contributed by atoms with van der Waals surface area (Å²) in [6.45, 7) is 6.01. The van der Waals surface area contributed by atoms with E-state index in [1.54, 1.807) is 42.5 Å². The van der Waals surface area contributed by atoms with E-state index in [0.717, 1.165) is 21.0 Å². The number of nitrogens with one attached hydrogen (secondary N) is 1. The molecule has 0 heterocycles. The first-order chi connectivity index (χ1) is 21.0. The Morgan fingerprint density at radius 2 is 1.39 bits per heavy atom. The number of sulfonamides is 1. The smallest absolute Gasteiger partial charge is 0.264 e. The zero-order valence-electron chi connectivity index (χ0n) is 25.2. The lowest BCUT2D eigenvalue weighted by molar-refractivity contribution is -0.140. The third-order valence-electron chi connectivity index (χ3n) is 7.15. The highest BCUT2D eigenvalue weighted by Crippen LogP contribution is 2.26. The molecule has 0 spiro atoms. The Labute approximate surface area is 265 Å². The van der Waals surface area contributed by atoms with E-state index in [4.69, 9.17) is 11.6 Å². The highest BCUT2D eigenvalue weighted by molar-refractivity contribution is 7.92. The molecular formula is C35H38ClN3O4S. The van der Waals surface area contributed by atoms with Crippen molar-refractivity contribution in [3.63, 3.8) is 0 Å². The quantitative estimate of drug-likeness (QED) is 0.189. The van der Waals surface area contributed by atoms with Gasteiger partial charge in [0.15, 0.2) is 0 Å². The van der Waals surface area contributed by atoms with Crippen LogP contribution in [0.2, 0.25) is 5.02 Å². The van der Waals surface area contributed by atoms with Crippen LogP contribution in [0.25, 0.3) is 0 Å². The molecule has 4 aromatic carbocycles. The minimum atomic E-state index is -4.16. The average Bonchev–Trinajstić information content (AvgIpc) is 3.02. The molecule has 4 aromatic rings. The van der Waals surface area contributed by atoms with E-state index in [9.17, 15) is 18.0 Å². The standard InChI is InChI=1S/C35H38ClN3O4S/c1-26(2)23-37-35(41)33(22-28-10-6-4-7-11-28)38(24-29-16-14-27(3)15-17-29)34(40)25-39(31-20-18-30(36)19-21-31)44(42,43)32-12-8-5-9-13-32/h4-21,26,33H,22-25H2,1-3H3,(H,37,41)/t33-/m1/s1. The van der Waals surface area contributed by atoms with Gasteiger partial charge in [-0.05, 0) is 60.4 Å². The maximum atomic E-state index is 14.4. The Morgan fingerprint density at radius 3 is 1.98 bits per heavy atom. The monoisotopic (exact) mass is 631 g/mol. The van der Waals surface area contributed by atoms with Gasteiger partial charge in [-0.15, -0.1) is 0 Å². The van der Waals surface area contributed by atoms with Crippen LogP contribution in [0, 0.1) is 12.8 Å². The molecule has 2 amide bonds. The molecule has 44 heavy (non-hydrogen) atoms. The summed E-state index contributed by atoms with van der Waals surface area (Å²) >= 11 is 6.12. The van der Waals surface area contributed by atoms with Crippen molar-refractivity contribution in [1.29, 1.82) is 0 Å². The molecule has 230 valence electrons. The van der Waals surface area contributed by atoms with E-state index in [0.29, 0.717) is 11.6 Å². The summed E-state index contributed by atoms with van der Waals surface area (Å²) in [5.41, 5.74) is 3.05. The van der Waals surface area contributed by atoms with Crippen LogP contribution in [0.1, 0.15) is 30.5 Å². The first kappa shape index (κ1) is 32.8. The van der Waals surface area contributed by atoms with Gasteiger partial charge in [-0.1, -0.05) is 104 Å². The molecule has 0 saturated carbocycles. The fraction of sp³-hybridized carbons (Fsp3) is 0.257. The van der Waals surface area contributed by atoms with Gasteiger partial charge >= 0.3 is 0 Å². The van der Waals surface area contributed by atoms with E-state index in [-0.39, 0.29) is 35.4 Å². The molecule has 0 saturated heterocycles. The minimum absolute atomic E-state index is 0.0448. The predicted molar refractivity (Wildman–Crippen MR) is 176 cm³/mol. The Morgan fingerprint density at radius 1 is 0.795 bits per heavy atom. The number of halogens is 1. The van der Waals surface area contributed by atoms with Crippen LogP contribution in [-0.4, -0.2) is 44.3 Å². The Bertz CT molecular complexity index is 1630. The Balaban J connectivity index is 1.78. The third-order valence-corrected chi connectivity index (χ3v) is 9.19. The maximum Gasteiger partial charge on any atom is 0.264 e. The fourth-order valence-corrected chi connectivity index (χ4v) is 6.28. The number of amides is 2. The van der Waals surface area contributed by atoms with Crippen molar-refractivity contribution < 1.29 is 18.0 Å². The largest absolute Gasteiger partial charge is 0.354 e. The van der Waals surface area contributed by atoms with Crippen molar-refractivity contribution in [3.8, 4) is 0 Å². The lowest BCUT2D eigenvalue weighted by Gasteiger charge is -2.34. The molecule has 9 heteroatoms. The van der Waals surface area contributed by atoms with Crippen molar-refractivity contribution in [1.82, 2.24) is 10.2 Å². The van der Waals surface area contributed by atoms with Gasteiger partial charge in [0.2, 0.25) is 11.8 Å². The fourth-order valence-electron chi connectivity index (χ4n) is 4.72. The molecule has 1 atom stereocenters. The second kappa shape index (κ2) is 15.0. The average molecular weight is 632 g/mol. The number of carbonyl (C=O) groups excluding carboxylic acids is 2. The van der Waals surface area contributed by atoms with Crippen LogP contribution < -0.4 is 9.62 Å². The first-order valence-electron chi connectivity index (χ1n) is 14.5. The number of carbonyl (C=O) groups is 2. The molecule has 0 radical (unpaired) electrons. The van der Waals surface area contributed by atoms with Gasteiger partial charge in [-0.3, -0.25) is 13.9 Å². The van der Waals surface area contributed by atoms with Gasteiger partial charge in [0.05, 0.1) is 10.6 Å². The van der Waals surface area contributed by atoms with Gasteiger partial charge in [0.1, 0.15) is 12.6 Å². The van der Waals surface area contributed by atoms with Gasteiger partial charge in [0, 0.05) is 24.5 Å². The number of rotatable bonds is 13. The van der Waals surface area contributed by atoms with Crippen molar-refractivity contribution in [3.05, 3.63) is 131 Å². The SMILES string of the molecule is Cc1ccc(CN(C(=O)CN(c2ccc(Cl)cc2)S(=O)(=O)c2ccccc2)[C@H](Cc2ccccc2)C(=O)NCC(C)C)cc1. The molecule has 0 fully saturated rings. The molecule has 0 aliphatic carbocycles. The van der Waals surface area contributed by atoms with Gasteiger partial charge in [-0.25, -0.2) is 8.42 Å². The topological polar surface area (TPSA) is 86.8 Å². The van der Waals surface area contributed by atoms with E-state index in [2.05, 4.69) is 5.32 Å². The van der Waals surface area contributed by atoms with Crippen LogP contribution in [-0.2, 0) is 32.6 Å². The molecule has 0 unspecified atom stereocenters. The molecule has 7 nitrogen and oxygen atoms in total. The first-order valence-corrected chi connectivity index (χ1v) is 16.4. The summed E-state index contributed by atoms with van der Waals surface area (Å²) in [5, 5.41) is 3.43. The van der Waals surface area contributed by atoms with Crippen LogP contribution in [0.5, 0.6) is 0 Å². The second-order valence-electron chi connectivity index (χ2n) is 11.2. The number of nitrogens with zero attached hydrogens (tertiary/aromatic N) is 2. The summed E-state index contributed by atoms with van der Waals surface area (Å²) in [5.74, 6) is -0.610. The summed E-state index contributed by atoms with van der Waals surface area (Å²) in [4.78, 5) is 29.8. The molecule has 1 N–H and O–H groups in total. The predicted octanol–water partition coefficient (Wildman–Crippen LogP) is 6.26. The number of hydrogen-bond acceptors (Lipinski definition) is 4. The maximum absolute atomic E-state index is 14.4. The van der Waals surface area contributed by atoms with Crippen LogP contribution in [0.15, 0.2) is 114 Å². The van der Waals surface area contributed by atoms with Crippen LogP contribution in [0.4, 0.5) is 5.69 Å².